The molecule has 0 radical (unpaired) electrons. The Morgan fingerprint density at radius 3 is 2.73 bits per heavy atom. The third kappa shape index (κ3) is 3.20. The van der Waals surface area contributed by atoms with Crippen molar-refractivity contribution in [1.82, 2.24) is 19.4 Å². The fraction of sp³-hybridized carbons (Fsp3) is 0.812. The Morgan fingerprint density at radius 2 is 1.95 bits per heavy atom. The number of aliphatic hydroxyl groups is 1. The molecule has 0 spiro atoms. The van der Waals surface area contributed by atoms with Crippen LogP contribution >= 0.6 is 0 Å². The zero-order valence-electron chi connectivity index (χ0n) is 13.2. The molecule has 0 unspecified atom stereocenters. The summed E-state index contributed by atoms with van der Waals surface area (Å²) >= 11 is 0. The topological polar surface area (TPSA) is 53.8 Å². The van der Waals surface area contributed by atoms with Crippen LogP contribution in [0.4, 0.5) is 0 Å². The smallest absolute Gasteiger partial charge is 0.0954 e. The summed E-state index contributed by atoms with van der Waals surface area (Å²) in [5, 5.41) is 10.4. The van der Waals surface area contributed by atoms with Gasteiger partial charge in [0.15, 0.2) is 0 Å². The fourth-order valence-corrected chi connectivity index (χ4v) is 3.65. The number of aromatic nitrogens is 2. The zero-order valence-corrected chi connectivity index (χ0v) is 13.2. The van der Waals surface area contributed by atoms with Gasteiger partial charge in [-0.3, -0.25) is 9.80 Å². The van der Waals surface area contributed by atoms with E-state index < -0.39 is 0 Å². The number of fused-ring (bicyclic) bond motifs is 1. The normalized spacial score (nSPS) is 25.1. The summed E-state index contributed by atoms with van der Waals surface area (Å²) in [5.74, 6) is 0. The zero-order chi connectivity index (χ0) is 14.9. The first-order chi connectivity index (χ1) is 10.8. The molecule has 1 N–H and O–H groups in total. The Kier molecular flexibility index (Phi) is 4.17. The van der Waals surface area contributed by atoms with Crippen LogP contribution < -0.4 is 0 Å². The predicted molar refractivity (Wildman–Crippen MR) is 82.7 cm³/mol. The number of nitrogens with zero attached hydrogens (tertiary/aromatic N) is 4. The molecule has 0 aromatic carbocycles. The van der Waals surface area contributed by atoms with E-state index in [1.165, 1.54) is 24.2 Å². The van der Waals surface area contributed by atoms with Gasteiger partial charge in [0.05, 0.1) is 31.3 Å². The summed E-state index contributed by atoms with van der Waals surface area (Å²) in [4.78, 5) is 9.25. The quantitative estimate of drug-likeness (QED) is 0.846. The molecule has 3 heterocycles. The van der Waals surface area contributed by atoms with E-state index in [-0.39, 0.29) is 6.10 Å². The second-order valence-electron chi connectivity index (χ2n) is 6.83. The second-order valence-corrected chi connectivity index (χ2v) is 6.83. The van der Waals surface area contributed by atoms with Gasteiger partial charge in [0.1, 0.15) is 0 Å². The minimum absolute atomic E-state index is 0.287. The van der Waals surface area contributed by atoms with Gasteiger partial charge in [-0.15, -0.1) is 0 Å². The number of imidazole rings is 1. The molecule has 2 fully saturated rings. The third-order valence-corrected chi connectivity index (χ3v) is 5.00. The average molecular weight is 306 g/mol. The first kappa shape index (κ1) is 14.6. The summed E-state index contributed by atoms with van der Waals surface area (Å²) in [5.41, 5.74) is 2.65. The van der Waals surface area contributed by atoms with E-state index in [4.69, 9.17) is 4.74 Å². The average Bonchev–Trinajstić information content (AvgIpc) is 3.28. The number of aliphatic hydroxyl groups excluding tert-OH is 1. The number of rotatable bonds is 5. The lowest BCUT2D eigenvalue weighted by molar-refractivity contribution is 0.00571. The Morgan fingerprint density at radius 1 is 1.18 bits per heavy atom. The predicted octanol–water partition coefficient (Wildman–Crippen LogP) is 0.269. The SMILES string of the molecule is O[C@H](CN1CCOCC1)CN1CCc2c(ncn2C2CC2)C1. The molecular weight excluding hydrogens is 280 g/mol. The highest BCUT2D eigenvalue weighted by atomic mass is 16.5. The molecule has 1 atom stereocenters. The minimum Gasteiger partial charge on any atom is -0.390 e. The molecule has 0 bridgehead atoms. The maximum absolute atomic E-state index is 10.4. The van der Waals surface area contributed by atoms with Crippen LogP contribution in [0.3, 0.4) is 0 Å². The van der Waals surface area contributed by atoms with E-state index in [9.17, 15) is 5.11 Å². The van der Waals surface area contributed by atoms with Crippen molar-refractivity contribution in [2.45, 2.75) is 38.0 Å². The molecule has 22 heavy (non-hydrogen) atoms. The molecule has 0 amide bonds. The van der Waals surface area contributed by atoms with Crippen molar-refractivity contribution < 1.29 is 9.84 Å². The molecule has 1 aliphatic carbocycles. The molecule has 1 aromatic rings. The van der Waals surface area contributed by atoms with Crippen molar-refractivity contribution in [3.8, 4) is 0 Å². The van der Waals surface area contributed by atoms with Crippen LogP contribution in [0, 0.1) is 0 Å². The van der Waals surface area contributed by atoms with Crippen molar-refractivity contribution >= 4 is 0 Å². The van der Waals surface area contributed by atoms with Crippen molar-refractivity contribution in [3.63, 3.8) is 0 Å². The Labute approximate surface area is 131 Å². The fourth-order valence-electron chi connectivity index (χ4n) is 3.65. The van der Waals surface area contributed by atoms with Crippen molar-refractivity contribution in [2.24, 2.45) is 0 Å². The maximum Gasteiger partial charge on any atom is 0.0954 e. The van der Waals surface area contributed by atoms with Gasteiger partial charge in [0, 0.05) is 57.4 Å². The van der Waals surface area contributed by atoms with Gasteiger partial charge in [0.25, 0.3) is 0 Å². The van der Waals surface area contributed by atoms with E-state index in [0.29, 0.717) is 0 Å². The van der Waals surface area contributed by atoms with E-state index in [1.54, 1.807) is 0 Å². The largest absolute Gasteiger partial charge is 0.390 e. The number of hydrogen-bond donors (Lipinski definition) is 1. The van der Waals surface area contributed by atoms with Crippen LogP contribution in [-0.2, 0) is 17.7 Å². The van der Waals surface area contributed by atoms with Crippen LogP contribution in [0.5, 0.6) is 0 Å². The molecule has 1 saturated carbocycles. The Balaban J connectivity index is 1.30. The van der Waals surface area contributed by atoms with Gasteiger partial charge in [-0.25, -0.2) is 4.98 Å². The monoisotopic (exact) mass is 306 g/mol. The lowest BCUT2D eigenvalue weighted by atomic mass is 10.1. The molecule has 2 aliphatic heterocycles. The molecular formula is C16H26N4O2. The highest BCUT2D eigenvalue weighted by Crippen LogP contribution is 2.37. The summed E-state index contributed by atoms with van der Waals surface area (Å²) in [6.45, 7) is 6.87. The van der Waals surface area contributed by atoms with Gasteiger partial charge in [-0.1, -0.05) is 0 Å². The number of morpholine rings is 1. The first-order valence-corrected chi connectivity index (χ1v) is 8.54. The lowest BCUT2D eigenvalue weighted by Gasteiger charge is -2.32. The summed E-state index contributed by atoms with van der Waals surface area (Å²) in [6, 6.07) is 0.717. The van der Waals surface area contributed by atoms with Gasteiger partial charge in [-0.2, -0.15) is 0 Å². The first-order valence-electron chi connectivity index (χ1n) is 8.54. The molecule has 6 heteroatoms. The molecule has 1 saturated heterocycles. The number of hydrogen-bond acceptors (Lipinski definition) is 5. The minimum atomic E-state index is -0.287. The highest BCUT2D eigenvalue weighted by Gasteiger charge is 2.30. The standard InChI is InChI=1S/C16H26N4O2/c21-14(9-18-5-7-22-8-6-18)10-19-4-3-16-15(11-19)17-12-20(16)13-1-2-13/h12-14,21H,1-11H2/t14-/m1/s1. The van der Waals surface area contributed by atoms with E-state index >= 15 is 0 Å². The van der Waals surface area contributed by atoms with E-state index in [1.807, 2.05) is 6.33 Å². The lowest BCUT2D eigenvalue weighted by Crippen LogP contribution is -2.45. The van der Waals surface area contributed by atoms with Crippen molar-refractivity contribution in [1.29, 1.82) is 0 Å². The van der Waals surface area contributed by atoms with Crippen LogP contribution in [0.15, 0.2) is 6.33 Å². The van der Waals surface area contributed by atoms with Crippen LogP contribution in [0.25, 0.3) is 0 Å². The van der Waals surface area contributed by atoms with E-state index in [0.717, 1.165) is 64.9 Å². The van der Waals surface area contributed by atoms with Crippen molar-refractivity contribution in [2.75, 3.05) is 45.9 Å². The van der Waals surface area contributed by atoms with Crippen LogP contribution in [0.2, 0.25) is 0 Å². The van der Waals surface area contributed by atoms with Gasteiger partial charge < -0.3 is 14.4 Å². The summed E-state index contributed by atoms with van der Waals surface area (Å²) in [6.07, 6.45) is 5.42. The van der Waals surface area contributed by atoms with Crippen LogP contribution in [0.1, 0.15) is 30.3 Å². The molecule has 1 aromatic heterocycles. The van der Waals surface area contributed by atoms with Crippen LogP contribution in [-0.4, -0.2) is 76.5 Å². The van der Waals surface area contributed by atoms with Gasteiger partial charge >= 0.3 is 0 Å². The van der Waals surface area contributed by atoms with Gasteiger partial charge in [0.2, 0.25) is 0 Å². The highest BCUT2D eigenvalue weighted by molar-refractivity contribution is 5.18. The Bertz CT molecular complexity index is 508. The summed E-state index contributed by atoms with van der Waals surface area (Å²) < 4.78 is 7.74. The summed E-state index contributed by atoms with van der Waals surface area (Å²) in [7, 11) is 0. The van der Waals surface area contributed by atoms with Gasteiger partial charge in [-0.05, 0) is 12.8 Å². The maximum atomic E-state index is 10.4. The Hall–Kier alpha value is -0.950. The van der Waals surface area contributed by atoms with Crippen molar-refractivity contribution in [3.05, 3.63) is 17.7 Å². The molecule has 6 nitrogen and oxygen atoms in total. The second kappa shape index (κ2) is 6.28. The molecule has 122 valence electrons. The number of β-amino-alcohol motifs (C(OH)–C–C–N with tert-alkyl or cyclic N) is 1. The number of ether oxygens (including phenoxy) is 1. The molecule has 4 rings (SSSR count). The third-order valence-electron chi connectivity index (χ3n) is 5.00. The molecule has 3 aliphatic rings. The van der Waals surface area contributed by atoms with E-state index in [2.05, 4.69) is 19.4 Å².